The third kappa shape index (κ3) is 4.17. The predicted octanol–water partition coefficient (Wildman–Crippen LogP) is 3.77. The highest BCUT2D eigenvalue weighted by molar-refractivity contribution is 5.14. The van der Waals surface area contributed by atoms with E-state index in [1.54, 1.807) is 6.20 Å². The maximum Gasteiger partial charge on any atom is 0.257 e. The van der Waals surface area contributed by atoms with Gasteiger partial charge in [-0.3, -0.25) is 5.21 Å². The van der Waals surface area contributed by atoms with Gasteiger partial charge in [0.2, 0.25) is 6.20 Å². The fourth-order valence-corrected chi connectivity index (χ4v) is 1.29. The topological polar surface area (TPSA) is 24.1 Å². The molecule has 0 bridgehead atoms. The summed E-state index contributed by atoms with van der Waals surface area (Å²) in [7, 11) is 0. The first-order chi connectivity index (χ1) is 6.30. The van der Waals surface area contributed by atoms with Crippen molar-refractivity contribution in [3.8, 4) is 0 Å². The second-order valence-electron chi connectivity index (χ2n) is 4.76. The Morgan fingerprint density at radius 1 is 1.25 bits per heavy atom. The van der Waals surface area contributed by atoms with E-state index in [2.05, 4.69) is 20.8 Å². The predicted molar refractivity (Wildman–Crippen MR) is 65.1 cm³/mol. The van der Waals surface area contributed by atoms with Crippen LogP contribution in [0.3, 0.4) is 0 Å². The Bertz CT molecular complexity index is 311. The Kier molecular flexibility index (Phi) is 6.29. The molecular weight excluding hydrogens is 205 g/mol. The minimum Gasteiger partial charge on any atom is -0.285 e. The molecule has 0 aromatic carbocycles. The van der Waals surface area contributed by atoms with Crippen LogP contribution in [0.15, 0.2) is 18.5 Å². The van der Waals surface area contributed by atoms with Crippen LogP contribution >= 0.6 is 0 Å². The summed E-state index contributed by atoms with van der Waals surface area (Å²) in [4.78, 5) is 0. The zero-order valence-electron chi connectivity index (χ0n) is 9.08. The molecule has 1 aromatic rings. The number of nitrogens with zero attached hydrogens (tertiary/aromatic N) is 1. The summed E-state index contributed by atoms with van der Waals surface area (Å²) in [5, 5.41) is 9.19. The van der Waals surface area contributed by atoms with Crippen molar-refractivity contribution in [1.29, 1.82) is 0 Å². The van der Waals surface area contributed by atoms with E-state index >= 15 is 0 Å². The van der Waals surface area contributed by atoms with Crippen molar-refractivity contribution < 1.29 is 14.3 Å². The molecule has 0 aliphatic heterocycles. The Morgan fingerprint density at radius 3 is 2.12 bits per heavy atom. The summed E-state index contributed by atoms with van der Waals surface area (Å²) in [5.41, 5.74) is 0.862. The molecule has 0 aliphatic rings. The number of hydrogen-bond acceptors (Lipinski definition) is 1. The van der Waals surface area contributed by atoms with Crippen LogP contribution in [-0.2, 0) is 0 Å². The van der Waals surface area contributed by atoms with Gasteiger partial charge in [0.25, 0.3) is 6.20 Å². The van der Waals surface area contributed by atoms with Gasteiger partial charge < -0.3 is 0 Å². The van der Waals surface area contributed by atoms with Crippen LogP contribution in [0.4, 0.5) is 4.39 Å². The van der Waals surface area contributed by atoms with Gasteiger partial charge in [0, 0.05) is 10.3 Å². The summed E-state index contributed by atoms with van der Waals surface area (Å²) in [6.45, 7) is 8.29. The fraction of sp³-hybridized carbons (Fsp3) is 0.615. The fourth-order valence-electron chi connectivity index (χ4n) is 1.29. The molecule has 1 aromatic heterocycles. The molecule has 1 N–H and O–H groups in total. The van der Waals surface area contributed by atoms with Gasteiger partial charge in [-0.15, -0.1) is 0 Å². The molecule has 16 heavy (non-hydrogen) atoms. The molecule has 0 unspecified atom stereocenters. The molecule has 0 aliphatic carbocycles. The zero-order valence-corrected chi connectivity index (χ0v) is 9.08. The van der Waals surface area contributed by atoms with E-state index in [0.29, 0.717) is 0 Å². The highest BCUT2D eigenvalue weighted by atomic mass is 19.1. The third-order valence-corrected chi connectivity index (χ3v) is 2.64. The van der Waals surface area contributed by atoms with Crippen molar-refractivity contribution in [3.63, 3.8) is 0 Å². The van der Waals surface area contributed by atoms with Crippen LogP contribution in [-0.4, -0.2) is 5.21 Å². The normalized spacial score (nSPS) is 12.3. The van der Waals surface area contributed by atoms with E-state index in [-0.39, 0.29) is 26.2 Å². The van der Waals surface area contributed by atoms with E-state index in [4.69, 9.17) is 0 Å². The Morgan fingerprint density at radius 2 is 1.75 bits per heavy atom. The number of aromatic nitrogens is 1. The highest BCUT2D eigenvalue weighted by Gasteiger charge is 2.24. The lowest BCUT2D eigenvalue weighted by atomic mass is 9.78. The number of pyridine rings is 1. The van der Waals surface area contributed by atoms with Crippen molar-refractivity contribution in [1.82, 2.24) is 0 Å². The standard InChI is InChI=1S/C11H17FNO.2CH4/c1-8(11(2,3)4)9-5-10(12)7-13(14)6-9;;/h5-8,14H,1-4H3;2*1H4/q+1;;/t8-;;/m1../s1. The van der Waals surface area contributed by atoms with Crippen LogP contribution in [0, 0.1) is 11.2 Å². The van der Waals surface area contributed by atoms with Gasteiger partial charge >= 0.3 is 0 Å². The van der Waals surface area contributed by atoms with E-state index in [9.17, 15) is 9.60 Å². The number of halogens is 1. The van der Waals surface area contributed by atoms with Crippen molar-refractivity contribution in [2.75, 3.05) is 0 Å². The third-order valence-electron chi connectivity index (χ3n) is 2.64. The molecule has 2 nitrogen and oxygen atoms in total. The first kappa shape index (κ1) is 17.3. The van der Waals surface area contributed by atoms with Crippen LogP contribution in [0.1, 0.15) is 54.0 Å². The molecule has 3 heteroatoms. The molecule has 1 atom stereocenters. The molecule has 0 amide bonds. The van der Waals surface area contributed by atoms with Gasteiger partial charge in [-0.2, -0.15) is 0 Å². The smallest absolute Gasteiger partial charge is 0.257 e. The molecule has 0 saturated heterocycles. The molecule has 0 radical (unpaired) electrons. The van der Waals surface area contributed by atoms with Crippen LogP contribution in [0.2, 0.25) is 0 Å². The van der Waals surface area contributed by atoms with Gasteiger partial charge in [-0.25, -0.2) is 4.39 Å². The largest absolute Gasteiger partial charge is 0.285 e. The summed E-state index contributed by atoms with van der Waals surface area (Å²) in [5.74, 6) is -0.224. The van der Waals surface area contributed by atoms with Crippen LogP contribution in [0.25, 0.3) is 0 Å². The Balaban J connectivity index is 0. The van der Waals surface area contributed by atoms with E-state index in [0.717, 1.165) is 16.5 Å². The maximum absolute atomic E-state index is 13.0. The van der Waals surface area contributed by atoms with E-state index in [1.807, 2.05) is 6.92 Å². The highest BCUT2D eigenvalue weighted by Crippen LogP contribution is 2.33. The van der Waals surface area contributed by atoms with E-state index in [1.165, 1.54) is 6.07 Å². The Labute approximate surface area is 98.7 Å². The summed E-state index contributed by atoms with van der Waals surface area (Å²) >= 11 is 0. The monoisotopic (exact) mass is 230 g/mol. The van der Waals surface area contributed by atoms with Crippen LogP contribution in [0.5, 0.6) is 0 Å². The lowest BCUT2D eigenvalue weighted by Crippen LogP contribution is -2.31. The van der Waals surface area contributed by atoms with Crippen molar-refractivity contribution in [2.24, 2.45) is 5.41 Å². The molecule has 0 saturated carbocycles. The van der Waals surface area contributed by atoms with Gasteiger partial charge in [-0.1, -0.05) is 42.5 Å². The van der Waals surface area contributed by atoms with Crippen molar-refractivity contribution >= 4 is 0 Å². The van der Waals surface area contributed by atoms with Gasteiger partial charge in [0.1, 0.15) is 0 Å². The lowest BCUT2D eigenvalue weighted by molar-refractivity contribution is -0.906. The first-order valence-electron chi connectivity index (χ1n) is 4.71. The summed E-state index contributed by atoms with van der Waals surface area (Å²) < 4.78 is 13.8. The second-order valence-corrected chi connectivity index (χ2v) is 4.76. The SMILES string of the molecule is C.C.C[C@H](c1cc(F)c[n+](O)c1)C(C)(C)C. The summed E-state index contributed by atoms with van der Waals surface area (Å²) in [6.07, 6.45) is 2.58. The minimum atomic E-state index is -0.416. The average molecular weight is 230 g/mol. The molecule has 0 fully saturated rings. The van der Waals surface area contributed by atoms with Crippen molar-refractivity contribution in [3.05, 3.63) is 29.8 Å². The van der Waals surface area contributed by atoms with Gasteiger partial charge in [0.05, 0.1) is 0 Å². The van der Waals surface area contributed by atoms with Crippen LogP contribution < -0.4 is 4.73 Å². The zero-order chi connectivity index (χ0) is 10.9. The maximum atomic E-state index is 13.0. The molecule has 94 valence electrons. The molecule has 1 rings (SSSR count). The average Bonchev–Trinajstić information content (AvgIpc) is 1.99. The Hall–Kier alpha value is -1.12. The second kappa shape index (κ2) is 5.83. The lowest BCUT2D eigenvalue weighted by Gasteiger charge is -2.26. The molecular formula is C13H25FNO+. The first-order valence-corrected chi connectivity index (χ1v) is 4.71. The van der Waals surface area contributed by atoms with Crippen molar-refractivity contribution in [2.45, 2.75) is 48.5 Å². The van der Waals surface area contributed by atoms with Gasteiger partial charge in [-0.05, 0) is 17.4 Å². The quantitative estimate of drug-likeness (QED) is 0.576. The number of hydrogen-bond donors (Lipinski definition) is 1. The van der Waals surface area contributed by atoms with E-state index < -0.39 is 5.82 Å². The number of rotatable bonds is 1. The molecule has 0 spiro atoms. The summed E-state index contributed by atoms with van der Waals surface area (Å²) in [6, 6.07) is 1.46. The molecule has 1 heterocycles. The van der Waals surface area contributed by atoms with Gasteiger partial charge in [0.15, 0.2) is 5.82 Å². The minimum absolute atomic E-state index is 0.